The lowest BCUT2D eigenvalue weighted by atomic mass is 10.2. The lowest BCUT2D eigenvalue weighted by molar-refractivity contribution is 0.281. The van der Waals surface area contributed by atoms with Crippen LogP contribution in [0, 0.1) is 0 Å². The molecule has 0 fully saturated rings. The van der Waals surface area contributed by atoms with E-state index in [1.54, 1.807) is 12.3 Å². The second-order valence-corrected chi connectivity index (χ2v) is 3.01. The van der Waals surface area contributed by atoms with Gasteiger partial charge in [0.15, 0.2) is 0 Å². The lowest BCUT2D eigenvalue weighted by Gasteiger charge is -1.96. The maximum Gasteiger partial charge on any atom is 0.0683 e. The van der Waals surface area contributed by atoms with E-state index in [4.69, 9.17) is 16.7 Å². The molecule has 1 rings (SSSR count). The molecule has 2 nitrogen and oxygen atoms in total. The molecule has 0 saturated heterocycles. The fraction of sp³-hybridized carbons (Fsp3) is 0.300. The van der Waals surface area contributed by atoms with Crippen molar-refractivity contribution in [3.8, 4) is 0 Å². The third-order valence-electron chi connectivity index (χ3n) is 1.59. The molecule has 0 atom stereocenters. The Hall–Kier alpha value is -0.860. The monoisotopic (exact) mass is 197 g/mol. The van der Waals surface area contributed by atoms with Gasteiger partial charge >= 0.3 is 0 Å². The summed E-state index contributed by atoms with van der Waals surface area (Å²) in [6, 6.07) is 3.64. The highest BCUT2D eigenvalue weighted by molar-refractivity contribution is 6.17. The number of aliphatic hydroxyl groups is 1. The van der Waals surface area contributed by atoms with Crippen molar-refractivity contribution in [2.75, 3.05) is 5.88 Å². The summed E-state index contributed by atoms with van der Waals surface area (Å²) in [6.07, 6.45) is 6.40. The molecule has 1 N–H and O–H groups in total. The number of allylic oxidation sites excluding steroid dienone is 1. The number of rotatable bonds is 4. The van der Waals surface area contributed by atoms with E-state index in [-0.39, 0.29) is 6.61 Å². The van der Waals surface area contributed by atoms with Crippen molar-refractivity contribution < 1.29 is 5.11 Å². The molecule has 3 heteroatoms. The molecule has 0 aliphatic rings. The number of hydrogen-bond donors (Lipinski definition) is 1. The minimum absolute atomic E-state index is 0.0544. The van der Waals surface area contributed by atoms with Gasteiger partial charge in [-0.1, -0.05) is 6.08 Å². The number of aromatic nitrogens is 1. The molecule has 0 aromatic carbocycles. The van der Waals surface area contributed by atoms with Crippen LogP contribution in [0.5, 0.6) is 0 Å². The first-order valence-electron chi connectivity index (χ1n) is 4.15. The van der Waals surface area contributed by atoms with E-state index in [1.165, 1.54) is 0 Å². The predicted octanol–water partition coefficient (Wildman–Crippen LogP) is 2.22. The Kier molecular flexibility index (Phi) is 4.50. The molecular weight excluding hydrogens is 186 g/mol. The number of alkyl halides is 1. The normalized spacial score (nSPS) is 10.9. The largest absolute Gasteiger partial charge is 0.392 e. The molecular formula is C10H12ClNO. The van der Waals surface area contributed by atoms with Crippen LogP contribution < -0.4 is 0 Å². The molecule has 0 saturated carbocycles. The van der Waals surface area contributed by atoms with Crippen molar-refractivity contribution in [1.82, 2.24) is 4.98 Å². The number of halogens is 1. The van der Waals surface area contributed by atoms with Crippen LogP contribution in [0.4, 0.5) is 0 Å². The Bertz CT molecular complexity index is 286. The summed E-state index contributed by atoms with van der Waals surface area (Å²) >= 11 is 5.51. The molecule has 0 unspecified atom stereocenters. The molecule has 0 aliphatic carbocycles. The van der Waals surface area contributed by atoms with Crippen LogP contribution in [0.2, 0.25) is 0 Å². The molecule has 1 aromatic rings. The average molecular weight is 198 g/mol. The van der Waals surface area contributed by atoms with Gasteiger partial charge in [0.25, 0.3) is 0 Å². The Morgan fingerprint density at radius 2 is 2.38 bits per heavy atom. The second kappa shape index (κ2) is 5.73. The highest BCUT2D eigenvalue weighted by atomic mass is 35.5. The fourth-order valence-corrected chi connectivity index (χ4v) is 1.08. The quantitative estimate of drug-likeness (QED) is 0.751. The Balaban J connectivity index is 2.66. The van der Waals surface area contributed by atoms with Crippen molar-refractivity contribution in [2.45, 2.75) is 13.0 Å². The van der Waals surface area contributed by atoms with Crippen molar-refractivity contribution in [2.24, 2.45) is 0 Å². The number of aliphatic hydroxyl groups excluding tert-OH is 1. The van der Waals surface area contributed by atoms with Crippen LogP contribution in [0.3, 0.4) is 0 Å². The summed E-state index contributed by atoms with van der Waals surface area (Å²) in [6.45, 7) is 0.0544. The summed E-state index contributed by atoms with van der Waals surface area (Å²) in [5, 5.41) is 8.86. The molecule has 70 valence electrons. The van der Waals surface area contributed by atoms with Gasteiger partial charge in [-0.25, -0.2) is 0 Å². The van der Waals surface area contributed by atoms with Gasteiger partial charge in [-0.3, -0.25) is 4.98 Å². The second-order valence-electron chi connectivity index (χ2n) is 2.63. The molecule has 0 bridgehead atoms. The number of pyridine rings is 1. The SMILES string of the molecule is OCc1ccnc(C=CCCCl)c1. The molecule has 0 radical (unpaired) electrons. The molecule has 0 amide bonds. The van der Waals surface area contributed by atoms with E-state index in [2.05, 4.69) is 4.98 Å². The lowest BCUT2D eigenvalue weighted by Crippen LogP contribution is -1.86. The van der Waals surface area contributed by atoms with Crippen molar-refractivity contribution >= 4 is 17.7 Å². The molecule has 0 spiro atoms. The number of nitrogens with zero attached hydrogens (tertiary/aromatic N) is 1. The van der Waals surface area contributed by atoms with Gasteiger partial charge in [-0.05, 0) is 30.2 Å². The van der Waals surface area contributed by atoms with E-state index in [1.807, 2.05) is 18.2 Å². The molecule has 1 heterocycles. The number of hydrogen-bond acceptors (Lipinski definition) is 2. The van der Waals surface area contributed by atoms with Crippen molar-refractivity contribution in [1.29, 1.82) is 0 Å². The zero-order chi connectivity index (χ0) is 9.52. The maximum absolute atomic E-state index is 8.86. The molecule has 13 heavy (non-hydrogen) atoms. The summed E-state index contributed by atoms with van der Waals surface area (Å²) in [5.74, 6) is 0.621. The smallest absolute Gasteiger partial charge is 0.0683 e. The predicted molar refractivity (Wildman–Crippen MR) is 54.5 cm³/mol. The van der Waals surface area contributed by atoms with Crippen LogP contribution in [0.15, 0.2) is 24.4 Å². The van der Waals surface area contributed by atoms with Gasteiger partial charge in [-0.15, -0.1) is 11.6 Å². The first-order chi connectivity index (χ1) is 6.36. The van der Waals surface area contributed by atoms with Gasteiger partial charge in [0.05, 0.1) is 12.3 Å². The zero-order valence-electron chi connectivity index (χ0n) is 7.28. The third-order valence-corrected chi connectivity index (χ3v) is 1.81. The van der Waals surface area contributed by atoms with Crippen LogP contribution in [0.1, 0.15) is 17.7 Å². The fourth-order valence-electron chi connectivity index (χ4n) is 0.951. The first-order valence-corrected chi connectivity index (χ1v) is 4.68. The van der Waals surface area contributed by atoms with Gasteiger partial charge in [0.1, 0.15) is 0 Å². The van der Waals surface area contributed by atoms with Gasteiger partial charge < -0.3 is 5.11 Å². The van der Waals surface area contributed by atoms with Crippen LogP contribution in [-0.4, -0.2) is 16.0 Å². The topological polar surface area (TPSA) is 33.1 Å². The summed E-state index contributed by atoms with van der Waals surface area (Å²) < 4.78 is 0. The summed E-state index contributed by atoms with van der Waals surface area (Å²) in [4.78, 5) is 4.12. The summed E-state index contributed by atoms with van der Waals surface area (Å²) in [5.41, 5.74) is 1.73. The third kappa shape index (κ3) is 3.57. The van der Waals surface area contributed by atoms with E-state index >= 15 is 0 Å². The average Bonchev–Trinajstić information content (AvgIpc) is 2.19. The van der Waals surface area contributed by atoms with Crippen LogP contribution in [-0.2, 0) is 6.61 Å². The Labute approximate surface area is 82.9 Å². The van der Waals surface area contributed by atoms with Gasteiger partial charge in [-0.2, -0.15) is 0 Å². The first kappa shape index (κ1) is 10.2. The minimum atomic E-state index is 0.0544. The van der Waals surface area contributed by atoms with Crippen LogP contribution in [0.25, 0.3) is 6.08 Å². The minimum Gasteiger partial charge on any atom is -0.392 e. The van der Waals surface area contributed by atoms with E-state index in [0.717, 1.165) is 17.7 Å². The standard InChI is InChI=1S/C10H12ClNO/c11-5-2-1-3-10-7-9(8-13)4-6-12-10/h1,3-4,6-7,13H,2,5,8H2. The summed E-state index contributed by atoms with van der Waals surface area (Å²) in [7, 11) is 0. The van der Waals surface area contributed by atoms with Crippen molar-refractivity contribution in [3.63, 3.8) is 0 Å². The van der Waals surface area contributed by atoms with Gasteiger partial charge in [0, 0.05) is 12.1 Å². The highest BCUT2D eigenvalue weighted by Crippen LogP contribution is 2.04. The molecule has 0 aliphatic heterocycles. The highest BCUT2D eigenvalue weighted by Gasteiger charge is 1.91. The van der Waals surface area contributed by atoms with E-state index < -0.39 is 0 Å². The van der Waals surface area contributed by atoms with E-state index in [0.29, 0.717) is 5.88 Å². The van der Waals surface area contributed by atoms with Crippen LogP contribution >= 0.6 is 11.6 Å². The zero-order valence-corrected chi connectivity index (χ0v) is 8.04. The van der Waals surface area contributed by atoms with Crippen molar-refractivity contribution in [3.05, 3.63) is 35.7 Å². The molecule has 1 aromatic heterocycles. The Morgan fingerprint density at radius 1 is 1.54 bits per heavy atom. The van der Waals surface area contributed by atoms with E-state index in [9.17, 15) is 0 Å². The Morgan fingerprint density at radius 3 is 3.08 bits per heavy atom. The maximum atomic E-state index is 8.86. The van der Waals surface area contributed by atoms with Gasteiger partial charge in [0.2, 0.25) is 0 Å².